The van der Waals surface area contributed by atoms with E-state index in [0.29, 0.717) is 15.7 Å². The monoisotopic (exact) mass is 435 g/mol. The van der Waals surface area contributed by atoms with Crippen LogP contribution in [0.2, 0.25) is 10.0 Å². The number of rotatable bonds is 4. The summed E-state index contributed by atoms with van der Waals surface area (Å²) in [7, 11) is 0. The third-order valence-electron chi connectivity index (χ3n) is 3.54. The van der Waals surface area contributed by atoms with Gasteiger partial charge in [-0.05, 0) is 41.8 Å². The van der Waals surface area contributed by atoms with Gasteiger partial charge in [0.25, 0.3) is 5.91 Å². The Morgan fingerprint density at radius 3 is 2.40 bits per heavy atom. The highest BCUT2D eigenvalue weighted by Gasteiger charge is 2.27. The van der Waals surface area contributed by atoms with E-state index in [1.54, 1.807) is 24.1 Å². The van der Waals surface area contributed by atoms with Crippen LogP contribution in [0, 0.1) is 0 Å². The summed E-state index contributed by atoms with van der Waals surface area (Å²) in [5.41, 5.74) is 5.78. The molecule has 9 heteroatoms. The van der Waals surface area contributed by atoms with Gasteiger partial charge in [-0.25, -0.2) is 9.84 Å². The molecule has 3 rings (SSSR count). The first-order valence-corrected chi connectivity index (χ1v) is 9.75. The Bertz CT molecular complexity index is 752. The van der Waals surface area contributed by atoms with E-state index in [4.69, 9.17) is 46.4 Å². The van der Waals surface area contributed by atoms with Crippen molar-refractivity contribution in [1.29, 1.82) is 0 Å². The number of hydrazine groups is 1. The first kappa shape index (κ1) is 19.0. The third-order valence-corrected chi connectivity index (χ3v) is 5.76. The number of carbonyl (C=O) groups excluding carboxylic acids is 1. The van der Waals surface area contributed by atoms with Gasteiger partial charge in [-0.2, -0.15) is 0 Å². The third kappa shape index (κ3) is 4.48. The molecular weight excluding hydrogens is 424 g/mol. The minimum Gasteiger partial charge on any atom is -0.324 e. The van der Waals surface area contributed by atoms with E-state index in [9.17, 15) is 4.79 Å². The number of hydrogen-bond donors (Lipinski definition) is 2. The molecule has 1 heterocycles. The van der Waals surface area contributed by atoms with Crippen molar-refractivity contribution in [3.63, 3.8) is 0 Å². The Morgan fingerprint density at radius 1 is 1.16 bits per heavy atom. The Morgan fingerprint density at radius 2 is 1.80 bits per heavy atom. The topological polar surface area (TPSA) is 44.4 Å². The lowest BCUT2D eigenvalue weighted by molar-refractivity contribution is -0.114. The molecule has 1 aliphatic heterocycles. The molecular formula is C16H13Cl4N3OS. The number of nitrogens with zero attached hydrogens (tertiary/aromatic N) is 1. The maximum Gasteiger partial charge on any atom is 0.257 e. The van der Waals surface area contributed by atoms with Crippen molar-refractivity contribution in [3.8, 4) is 0 Å². The van der Waals surface area contributed by atoms with Crippen LogP contribution in [0.15, 0.2) is 42.5 Å². The van der Waals surface area contributed by atoms with E-state index in [0.717, 1.165) is 17.8 Å². The van der Waals surface area contributed by atoms with E-state index in [2.05, 4.69) is 10.7 Å². The lowest BCUT2D eigenvalue weighted by atomic mass is 10.1. The van der Waals surface area contributed by atoms with Crippen molar-refractivity contribution in [2.75, 3.05) is 16.3 Å². The first-order valence-electron chi connectivity index (χ1n) is 7.29. The zero-order valence-corrected chi connectivity index (χ0v) is 16.5. The molecule has 0 radical (unpaired) electrons. The number of carbonyl (C=O) groups is 1. The Balaban J connectivity index is 1.69. The zero-order chi connectivity index (χ0) is 18.0. The van der Waals surface area contributed by atoms with Crippen molar-refractivity contribution in [2.45, 2.75) is 10.1 Å². The Labute approximate surface area is 169 Å². The van der Waals surface area contributed by atoms with E-state index >= 15 is 0 Å². The highest BCUT2D eigenvalue weighted by Crippen LogP contribution is 2.43. The van der Waals surface area contributed by atoms with Gasteiger partial charge >= 0.3 is 0 Å². The smallest absolute Gasteiger partial charge is 0.257 e. The van der Waals surface area contributed by atoms with Crippen LogP contribution in [0.1, 0.15) is 10.8 Å². The predicted molar refractivity (Wildman–Crippen MR) is 108 cm³/mol. The predicted octanol–water partition coefficient (Wildman–Crippen LogP) is 5.45. The summed E-state index contributed by atoms with van der Waals surface area (Å²) >= 11 is 25.2. The van der Waals surface area contributed by atoms with E-state index in [1.807, 2.05) is 34.7 Å². The summed E-state index contributed by atoms with van der Waals surface area (Å²) in [6.45, 7) is 0.726. The largest absolute Gasteiger partial charge is 0.324 e. The normalized spacial score (nSPS) is 17.2. The number of halogens is 4. The maximum atomic E-state index is 11.5. The summed E-state index contributed by atoms with van der Waals surface area (Å²) < 4.78 is 1.89. The summed E-state index contributed by atoms with van der Waals surface area (Å²) in [5.74, 6) is -0.451. The quantitative estimate of drug-likeness (QED) is 0.494. The van der Waals surface area contributed by atoms with Crippen LogP contribution in [0.3, 0.4) is 0 Å². The van der Waals surface area contributed by atoms with Gasteiger partial charge < -0.3 is 5.32 Å². The molecule has 1 amide bonds. The fourth-order valence-electron chi connectivity index (χ4n) is 2.34. The molecule has 0 saturated carbocycles. The van der Waals surface area contributed by atoms with Gasteiger partial charge in [0, 0.05) is 12.2 Å². The standard InChI is InChI=1S/C16H13Cl4N3OS/c17-11-2-1-3-12(18)14(11)23-21-8-13(25-23)9-4-6-10(7-5-9)22-16(24)15(19)20/h1-7,13,15,21H,8H2,(H,22,24). The van der Waals surface area contributed by atoms with Gasteiger partial charge in [-0.3, -0.25) is 4.79 Å². The van der Waals surface area contributed by atoms with Crippen molar-refractivity contribution >= 4 is 75.6 Å². The molecule has 25 heavy (non-hydrogen) atoms. The molecule has 0 bridgehead atoms. The molecule has 2 N–H and O–H groups in total. The van der Waals surface area contributed by atoms with Gasteiger partial charge in [-0.15, -0.1) is 0 Å². The number of para-hydroxylation sites is 1. The molecule has 2 aromatic carbocycles. The van der Waals surface area contributed by atoms with Crippen LogP contribution >= 0.6 is 58.4 Å². The van der Waals surface area contributed by atoms with Crippen LogP contribution in [0.4, 0.5) is 11.4 Å². The highest BCUT2D eigenvalue weighted by molar-refractivity contribution is 8.01. The second-order valence-corrected chi connectivity index (χ2v) is 8.29. The molecule has 132 valence electrons. The molecule has 1 unspecified atom stereocenters. The lowest BCUT2D eigenvalue weighted by Crippen LogP contribution is -2.26. The van der Waals surface area contributed by atoms with Gasteiger partial charge in [0.2, 0.25) is 0 Å². The number of benzene rings is 2. The molecule has 0 aliphatic carbocycles. The first-order chi connectivity index (χ1) is 12.0. The fourth-order valence-corrected chi connectivity index (χ4v) is 4.25. The van der Waals surface area contributed by atoms with Gasteiger partial charge in [0.15, 0.2) is 4.84 Å². The second-order valence-electron chi connectivity index (χ2n) is 5.23. The molecule has 0 aromatic heterocycles. The summed E-state index contributed by atoms with van der Waals surface area (Å²) in [6, 6.07) is 12.9. The second kappa shape index (κ2) is 8.25. The Kier molecular flexibility index (Phi) is 6.25. The average Bonchev–Trinajstić information content (AvgIpc) is 3.05. The highest BCUT2D eigenvalue weighted by atomic mass is 35.5. The SMILES string of the molecule is O=C(Nc1ccc(C2CNN(c3c(Cl)cccc3Cl)S2)cc1)C(Cl)Cl. The van der Waals surface area contributed by atoms with Crippen molar-refractivity contribution < 1.29 is 4.79 Å². The number of anilines is 2. The summed E-state index contributed by atoms with van der Waals surface area (Å²) in [5, 5.41) is 4.00. The molecule has 0 spiro atoms. The van der Waals surface area contributed by atoms with Crippen LogP contribution in [0.5, 0.6) is 0 Å². The van der Waals surface area contributed by atoms with E-state index < -0.39 is 10.7 Å². The van der Waals surface area contributed by atoms with Crippen LogP contribution in [0.25, 0.3) is 0 Å². The van der Waals surface area contributed by atoms with Crippen LogP contribution < -0.4 is 15.2 Å². The average molecular weight is 437 g/mol. The van der Waals surface area contributed by atoms with Gasteiger partial charge in [0.05, 0.1) is 15.3 Å². The molecule has 1 atom stereocenters. The molecule has 2 aromatic rings. The molecule has 1 fully saturated rings. The molecule has 1 saturated heterocycles. The Hall–Kier alpha value is -0.820. The van der Waals surface area contributed by atoms with Crippen molar-refractivity contribution in [2.24, 2.45) is 0 Å². The molecule has 1 aliphatic rings. The number of hydrogen-bond acceptors (Lipinski definition) is 4. The van der Waals surface area contributed by atoms with Gasteiger partial charge in [0.1, 0.15) is 5.69 Å². The van der Waals surface area contributed by atoms with E-state index in [-0.39, 0.29) is 5.25 Å². The lowest BCUT2D eigenvalue weighted by Gasteiger charge is -2.19. The number of alkyl halides is 2. The fraction of sp³-hybridized carbons (Fsp3) is 0.188. The summed E-state index contributed by atoms with van der Waals surface area (Å²) in [4.78, 5) is 10.4. The number of amides is 1. The van der Waals surface area contributed by atoms with Crippen LogP contribution in [-0.4, -0.2) is 17.3 Å². The van der Waals surface area contributed by atoms with Gasteiger partial charge in [-0.1, -0.05) is 64.6 Å². The number of nitrogens with one attached hydrogen (secondary N) is 2. The van der Waals surface area contributed by atoms with Crippen molar-refractivity contribution in [1.82, 2.24) is 5.43 Å². The maximum absolute atomic E-state index is 11.5. The molecule has 4 nitrogen and oxygen atoms in total. The minimum absolute atomic E-state index is 0.186. The zero-order valence-electron chi connectivity index (χ0n) is 12.7. The van der Waals surface area contributed by atoms with Crippen LogP contribution in [-0.2, 0) is 4.79 Å². The summed E-state index contributed by atoms with van der Waals surface area (Å²) in [6.07, 6.45) is 0. The van der Waals surface area contributed by atoms with E-state index in [1.165, 1.54) is 0 Å². The minimum atomic E-state index is -1.09. The van der Waals surface area contributed by atoms with Crippen molar-refractivity contribution in [3.05, 3.63) is 58.1 Å².